The third-order valence-corrected chi connectivity index (χ3v) is 4.23. The lowest BCUT2D eigenvalue weighted by molar-refractivity contribution is -0.00178. The molecule has 2 rings (SSSR count). The van der Waals surface area contributed by atoms with Crippen molar-refractivity contribution >= 4 is 0 Å². The zero-order chi connectivity index (χ0) is 9.47. The van der Waals surface area contributed by atoms with Crippen molar-refractivity contribution in [3.63, 3.8) is 0 Å². The van der Waals surface area contributed by atoms with Crippen molar-refractivity contribution in [3.05, 3.63) is 0 Å². The Balaban J connectivity index is 2.00. The first-order valence-electron chi connectivity index (χ1n) is 5.57. The van der Waals surface area contributed by atoms with Gasteiger partial charge in [-0.05, 0) is 51.9 Å². The number of hydrogen-bond acceptors (Lipinski definition) is 2. The van der Waals surface area contributed by atoms with Crippen molar-refractivity contribution in [1.82, 2.24) is 9.80 Å². The second-order valence-corrected chi connectivity index (χ2v) is 4.98. The second-order valence-electron chi connectivity index (χ2n) is 4.98. The molecule has 1 spiro atoms. The zero-order valence-electron chi connectivity index (χ0n) is 9.21. The summed E-state index contributed by atoms with van der Waals surface area (Å²) < 4.78 is 0. The summed E-state index contributed by atoms with van der Waals surface area (Å²) in [4.78, 5) is 5.04. The van der Waals surface area contributed by atoms with E-state index in [1.165, 1.54) is 38.9 Å². The van der Waals surface area contributed by atoms with Gasteiger partial charge in [0.1, 0.15) is 0 Å². The number of nitrogens with zero attached hydrogens (tertiary/aromatic N) is 2. The van der Waals surface area contributed by atoms with Gasteiger partial charge in [-0.1, -0.05) is 6.92 Å². The van der Waals surface area contributed by atoms with Gasteiger partial charge in [0.25, 0.3) is 0 Å². The van der Waals surface area contributed by atoms with E-state index in [4.69, 9.17) is 0 Å². The fourth-order valence-electron chi connectivity index (χ4n) is 3.18. The first-order chi connectivity index (χ1) is 6.18. The second kappa shape index (κ2) is 3.25. The van der Waals surface area contributed by atoms with Crippen molar-refractivity contribution < 1.29 is 0 Å². The van der Waals surface area contributed by atoms with Gasteiger partial charge >= 0.3 is 0 Å². The van der Waals surface area contributed by atoms with Crippen LogP contribution in [0.5, 0.6) is 0 Å². The van der Waals surface area contributed by atoms with E-state index in [0.717, 1.165) is 6.04 Å². The highest BCUT2D eigenvalue weighted by molar-refractivity contribution is 5.05. The van der Waals surface area contributed by atoms with Crippen LogP contribution in [0.4, 0.5) is 0 Å². The van der Waals surface area contributed by atoms with Crippen molar-refractivity contribution in [3.8, 4) is 0 Å². The molecule has 1 saturated carbocycles. The van der Waals surface area contributed by atoms with Gasteiger partial charge in [0.2, 0.25) is 0 Å². The molecular weight excluding hydrogens is 160 g/mol. The van der Waals surface area contributed by atoms with Crippen LogP contribution in [0, 0.1) is 5.41 Å². The summed E-state index contributed by atoms with van der Waals surface area (Å²) in [5, 5.41) is 0. The van der Waals surface area contributed by atoms with E-state index < -0.39 is 0 Å². The van der Waals surface area contributed by atoms with E-state index in [2.05, 4.69) is 30.8 Å². The summed E-state index contributed by atoms with van der Waals surface area (Å²) >= 11 is 0. The Hall–Kier alpha value is -0.0800. The van der Waals surface area contributed by atoms with Crippen LogP contribution in [0.1, 0.15) is 26.2 Å². The van der Waals surface area contributed by atoms with Gasteiger partial charge in [0.05, 0.1) is 0 Å². The van der Waals surface area contributed by atoms with Gasteiger partial charge < -0.3 is 9.80 Å². The lowest BCUT2D eigenvalue weighted by Gasteiger charge is -2.51. The third kappa shape index (κ3) is 1.40. The molecule has 0 bridgehead atoms. The molecule has 2 heteroatoms. The molecule has 2 fully saturated rings. The molecule has 2 unspecified atom stereocenters. The lowest BCUT2D eigenvalue weighted by atomic mass is 9.63. The van der Waals surface area contributed by atoms with E-state index in [1.807, 2.05) is 0 Å². The summed E-state index contributed by atoms with van der Waals surface area (Å²) in [5.74, 6) is 0. The van der Waals surface area contributed by atoms with Crippen LogP contribution < -0.4 is 0 Å². The van der Waals surface area contributed by atoms with E-state index in [-0.39, 0.29) is 0 Å². The molecule has 1 heterocycles. The fraction of sp³-hybridized carbons (Fsp3) is 1.00. The summed E-state index contributed by atoms with van der Waals surface area (Å²) in [6.07, 6.45) is 4.32. The quantitative estimate of drug-likeness (QED) is 0.637. The molecule has 2 nitrogen and oxygen atoms in total. The highest BCUT2D eigenvalue weighted by atomic mass is 15.2. The number of hydrogen-bond donors (Lipinski definition) is 0. The summed E-state index contributed by atoms with van der Waals surface area (Å²) in [6, 6.07) is 0.877. The minimum absolute atomic E-state index is 0.680. The van der Waals surface area contributed by atoms with E-state index >= 15 is 0 Å². The molecule has 1 aliphatic heterocycles. The van der Waals surface area contributed by atoms with Gasteiger partial charge in [-0.2, -0.15) is 0 Å². The molecule has 13 heavy (non-hydrogen) atoms. The van der Waals surface area contributed by atoms with E-state index in [9.17, 15) is 0 Å². The average Bonchev–Trinajstić information content (AvgIpc) is 2.48. The van der Waals surface area contributed by atoms with Crippen LogP contribution in [0.3, 0.4) is 0 Å². The molecule has 0 amide bonds. The molecule has 0 N–H and O–H groups in total. The molecular formula is C11H22N2. The predicted octanol–water partition coefficient (Wildman–Crippen LogP) is 1.42. The highest BCUT2D eigenvalue weighted by Gasteiger charge is 2.50. The smallest absolute Gasteiger partial charge is 0.0161 e. The van der Waals surface area contributed by atoms with Gasteiger partial charge in [-0.25, -0.2) is 0 Å². The van der Waals surface area contributed by atoms with Crippen LogP contribution in [-0.2, 0) is 0 Å². The maximum absolute atomic E-state index is 2.54. The van der Waals surface area contributed by atoms with Crippen molar-refractivity contribution in [2.75, 3.05) is 33.7 Å². The van der Waals surface area contributed by atoms with Crippen LogP contribution in [-0.4, -0.2) is 49.6 Å². The minimum Gasteiger partial charge on any atom is -0.306 e. The van der Waals surface area contributed by atoms with Crippen LogP contribution in [0.15, 0.2) is 0 Å². The normalized spacial score (nSPS) is 40.2. The maximum Gasteiger partial charge on any atom is 0.0161 e. The first-order valence-corrected chi connectivity index (χ1v) is 5.57. The van der Waals surface area contributed by atoms with Crippen molar-refractivity contribution in [1.29, 1.82) is 0 Å². The highest BCUT2D eigenvalue weighted by Crippen LogP contribution is 2.49. The summed E-state index contributed by atoms with van der Waals surface area (Å²) in [6.45, 7) is 6.12. The number of likely N-dealkylation sites (tertiary alicyclic amines) is 1. The molecule has 0 aromatic heterocycles. The monoisotopic (exact) mass is 182 g/mol. The van der Waals surface area contributed by atoms with E-state index in [0.29, 0.717) is 5.41 Å². The molecule has 1 aliphatic carbocycles. The molecule has 2 aliphatic rings. The topological polar surface area (TPSA) is 6.48 Å². The van der Waals surface area contributed by atoms with Crippen LogP contribution >= 0.6 is 0 Å². The Kier molecular flexibility index (Phi) is 2.37. The van der Waals surface area contributed by atoms with Crippen LogP contribution in [0.2, 0.25) is 0 Å². The Labute approximate surface area is 81.9 Å². The Morgan fingerprint density at radius 2 is 2.23 bits per heavy atom. The Bertz CT molecular complexity index is 193. The SMILES string of the molecule is CCN(C)C1CCC12CCN(C)C2. The van der Waals surface area contributed by atoms with Crippen molar-refractivity contribution in [2.45, 2.75) is 32.2 Å². The van der Waals surface area contributed by atoms with Gasteiger partial charge in [0.15, 0.2) is 0 Å². The molecule has 0 aromatic carbocycles. The molecule has 0 radical (unpaired) electrons. The Morgan fingerprint density at radius 3 is 2.62 bits per heavy atom. The lowest BCUT2D eigenvalue weighted by Crippen LogP contribution is -2.55. The number of rotatable bonds is 2. The molecule has 2 atom stereocenters. The third-order valence-electron chi connectivity index (χ3n) is 4.23. The van der Waals surface area contributed by atoms with Crippen LogP contribution in [0.25, 0.3) is 0 Å². The van der Waals surface area contributed by atoms with Crippen molar-refractivity contribution in [2.24, 2.45) is 5.41 Å². The van der Waals surface area contributed by atoms with E-state index in [1.54, 1.807) is 0 Å². The van der Waals surface area contributed by atoms with Gasteiger partial charge in [-0.3, -0.25) is 0 Å². The maximum atomic E-state index is 2.54. The molecule has 76 valence electrons. The molecule has 1 saturated heterocycles. The first kappa shape index (κ1) is 9.47. The Morgan fingerprint density at radius 1 is 1.46 bits per heavy atom. The van der Waals surface area contributed by atoms with Gasteiger partial charge in [0, 0.05) is 12.6 Å². The summed E-state index contributed by atoms with van der Waals surface area (Å²) in [7, 11) is 4.54. The average molecular weight is 182 g/mol. The predicted molar refractivity (Wildman–Crippen MR) is 55.9 cm³/mol. The fourth-order valence-corrected chi connectivity index (χ4v) is 3.18. The zero-order valence-corrected chi connectivity index (χ0v) is 9.21. The van der Waals surface area contributed by atoms with Gasteiger partial charge in [-0.15, -0.1) is 0 Å². The largest absolute Gasteiger partial charge is 0.306 e. The standard InChI is InChI=1S/C11H22N2/c1-4-13(3)10-5-6-11(10)7-8-12(2)9-11/h10H,4-9H2,1-3H3. The minimum atomic E-state index is 0.680. The summed E-state index contributed by atoms with van der Waals surface area (Å²) in [5.41, 5.74) is 0.680. The molecule has 0 aromatic rings.